The van der Waals surface area contributed by atoms with Crippen molar-refractivity contribution in [2.75, 3.05) is 0 Å². The fourth-order valence-corrected chi connectivity index (χ4v) is 5.11. The molecule has 0 radical (unpaired) electrons. The number of carboxylic acids is 4. The first-order chi connectivity index (χ1) is 23.2. The maximum atomic E-state index is 14.1. The second-order valence-corrected chi connectivity index (χ2v) is 11.6. The summed E-state index contributed by atoms with van der Waals surface area (Å²) < 4.78 is 0. The van der Waals surface area contributed by atoms with E-state index in [9.17, 15) is 53.7 Å². The van der Waals surface area contributed by atoms with Crippen molar-refractivity contribution in [2.45, 2.75) is 80.9 Å². The lowest BCUT2D eigenvalue weighted by molar-refractivity contribution is -0.144. The van der Waals surface area contributed by atoms with Gasteiger partial charge in [-0.1, -0.05) is 60.7 Å². The lowest BCUT2D eigenvalue weighted by Gasteiger charge is -2.30. The van der Waals surface area contributed by atoms with Gasteiger partial charge in [-0.05, 0) is 36.8 Å². The van der Waals surface area contributed by atoms with Gasteiger partial charge in [0.2, 0.25) is 23.6 Å². The van der Waals surface area contributed by atoms with Crippen LogP contribution in [0.1, 0.15) is 68.4 Å². The van der Waals surface area contributed by atoms with Crippen LogP contribution in [0.15, 0.2) is 60.7 Å². The van der Waals surface area contributed by atoms with E-state index in [-0.39, 0.29) is 12.8 Å². The Morgan fingerprint density at radius 3 is 1.45 bits per heavy atom. The van der Waals surface area contributed by atoms with Crippen LogP contribution in [0.25, 0.3) is 0 Å². The Kier molecular flexibility index (Phi) is 13.4. The molecule has 0 saturated heterocycles. The van der Waals surface area contributed by atoms with Gasteiger partial charge in [0.1, 0.15) is 23.7 Å². The highest BCUT2D eigenvalue weighted by molar-refractivity contribution is 5.97. The van der Waals surface area contributed by atoms with E-state index in [4.69, 9.17) is 5.11 Å². The molecule has 8 N–H and O–H groups in total. The zero-order valence-electron chi connectivity index (χ0n) is 26.3. The standard InChI is InChI=1S/C33H38N4O12/c38-23(13-16-26(43)44)36-28(27(19-7-3-1-4-8-19)20-9-5-2-6-10-20)31(47)35-21(11-14-24(39)40)29(45)34-22(12-15-25(41)42)30(46)37-33(17-18-33)32(48)49/h1-10,21-22,27-28H,11-18H2,(H,34,45)(H,35,47)(H,36,38)(H,37,46)(H,39,40)(H,41,42)(H,43,44)(H,48,49)/t21-,22-,28-/m0/s1. The molecule has 262 valence electrons. The number of carbonyl (C=O) groups is 8. The van der Waals surface area contributed by atoms with Crippen molar-refractivity contribution >= 4 is 47.5 Å². The van der Waals surface area contributed by atoms with Gasteiger partial charge in [-0.25, -0.2) is 4.79 Å². The molecule has 3 atom stereocenters. The lowest BCUT2D eigenvalue weighted by atomic mass is 9.84. The van der Waals surface area contributed by atoms with Gasteiger partial charge in [0.05, 0.1) is 6.42 Å². The normalized spacial score (nSPS) is 14.7. The number of nitrogens with one attached hydrogen (secondary N) is 4. The van der Waals surface area contributed by atoms with Gasteiger partial charge < -0.3 is 41.7 Å². The topological polar surface area (TPSA) is 266 Å². The number of aliphatic carboxylic acids is 4. The molecule has 16 heteroatoms. The number of carbonyl (C=O) groups excluding carboxylic acids is 4. The fourth-order valence-electron chi connectivity index (χ4n) is 5.11. The first-order valence-corrected chi connectivity index (χ1v) is 15.4. The van der Waals surface area contributed by atoms with E-state index < -0.39 is 116 Å². The van der Waals surface area contributed by atoms with E-state index >= 15 is 0 Å². The maximum absolute atomic E-state index is 14.1. The van der Waals surface area contributed by atoms with Crippen LogP contribution in [-0.4, -0.2) is 91.6 Å². The molecule has 0 aliphatic heterocycles. The Morgan fingerprint density at radius 2 is 1.02 bits per heavy atom. The number of rotatable bonds is 20. The summed E-state index contributed by atoms with van der Waals surface area (Å²) in [5.41, 5.74) is -0.426. The first-order valence-electron chi connectivity index (χ1n) is 15.4. The van der Waals surface area contributed by atoms with E-state index in [1.807, 2.05) is 0 Å². The average molecular weight is 683 g/mol. The number of hydrogen-bond acceptors (Lipinski definition) is 8. The molecule has 1 fully saturated rings. The Hall–Kier alpha value is -5.80. The molecule has 4 amide bonds. The number of carboxylic acid groups (broad SMARTS) is 4. The molecular formula is C33H38N4O12. The highest BCUT2D eigenvalue weighted by atomic mass is 16.4. The predicted octanol–water partition coefficient (Wildman–Crippen LogP) is 0.601. The Bertz CT molecular complexity index is 1510. The second-order valence-electron chi connectivity index (χ2n) is 11.6. The quantitative estimate of drug-likeness (QED) is 0.0954. The Balaban J connectivity index is 1.95. The number of hydrogen-bond donors (Lipinski definition) is 8. The van der Waals surface area contributed by atoms with Crippen molar-refractivity contribution < 1.29 is 58.8 Å². The van der Waals surface area contributed by atoms with Crippen molar-refractivity contribution in [2.24, 2.45) is 0 Å². The van der Waals surface area contributed by atoms with Crippen molar-refractivity contribution in [1.29, 1.82) is 0 Å². The SMILES string of the molecule is O=C(O)CCC(=O)N[C@H](C(=O)N[C@@H](CCC(=O)O)C(=O)N[C@@H](CCC(=O)O)C(=O)NC1(C(=O)O)CC1)C(c1ccccc1)c1ccccc1. The molecule has 0 bridgehead atoms. The minimum absolute atomic E-state index is 0.120. The zero-order chi connectivity index (χ0) is 36.1. The molecule has 0 unspecified atom stereocenters. The molecule has 2 aromatic carbocycles. The molecule has 49 heavy (non-hydrogen) atoms. The molecule has 3 rings (SSSR count). The van der Waals surface area contributed by atoms with Gasteiger partial charge in [0.25, 0.3) is 0 Å². The largest absolute Gasteiger partial charge is 0.481 e. The summed E-state index contributed by atoms with van der Waals surface area (Å²) >= 11 is 0. The predicted molar refractivity (Wildman–Crippen MR) is 169 cm³/mol. The van der Waals surface area contributed by atoms with Crippen LogP contribution in [0.2, 0.25) is 0 Å². The van der Waals surface area contributed by atoms with Crippen LogP contribution >= 0.6 is 0 Å². The average Bonchev–Trinajstić information content (AvgIpc) is 3.85. The summed E-state index contributed by atoms with van der Waals surface area (Å²) in [5, 5.41) is 46.8. The highest BCUT2D eigenvalue weighted by Crippen LogP contribution is 2.35. The first kappa shape index (κ1) is 37.7. The van der Waals surface area contributed by atoms with E-state index in [1.165, 1.54) is 0 Å². The highest BCUT2D eigenvalue weighted by Gasteiger charge is 2.52. The Labute approximate surface area is 280 Å². The van der Waals surface area contributed by atoms with E-state index in [2.05, 4.69) is 21.3 Å². The van der Waals surface area contributed by atoms with Crippen molar-refractivity contribution in [1.82, 2.24) is 21.3 Å². The molecule has 16 nitrogen and oxygen atoms in total. The third-order valence-electron chi connectivity index (χ3n) is 7.90. The summed E-state index contributed by atoms with van der Waals surface area (Å²) in [6, 6.07) is 12.4. The van der Waals surface area contributed by atoms with Gasteiger partial charge >= 0.3 is 23.9 Å². The smallest absolute Gasteiger partial charge is 0.329 e. The molecule has 2 aromatic rings. The van der Waals surface area contributed by atoms with E-state index in [0.29, 0.717) is 11.1 Å². The van der Waals surface area contributed by atoms with Crippen LogP contribution in [0.5, 0.6) is 0 Å². The molecule has 0 heterocycles. The van der Waals surface area contributed by atoms with Gasteiger partial charge in [-0.15, -0.1) is 0 Å². The number of amides is 4. The van der Waals surface area contributed by atoms with Crippen molar-refractivity contribution in [3.8, 4) is 0 Å². The third-order valence-corrected chi connectivity index (χ3v) is 7.90. The second kappa shape index (κ2) is 17.4. The summed E-state index contributed by atoms with van der Waals surface area (Å²) in [7, 11) is 0. The Morgan fingerprint density at radius 1 is 0.571 bits per heavy atom. The van der Waals surface area contributed by atoms with E-state index in [1.54, 1.807) is 60.7 Å². The molecular weight excluding hydrogens is 644 g/mol. The minimum atomic E-state index is -1.62. The molecule has 1 aliphatic rings. The van der Waals surface area contributed by atoms with Gasteiger partial charge in [0.15, 0.2) is 0 Å². The van der Waals surface area contributed by atoms with Gasteiger partial charge in [-0.2, -0.15) is 0 Å². The van der Waals surface area contributed by atoms with Crippen LogP contribution < -0.4 is 21.3 Å². The van der Waals surface area contributed by atoms with Gasteiger partial charge in [-0.3, -0.25) is 33.6 Å². The molecule has 0 aromatic heterocycles. The van der Waals surface area contributed by atoms with Crippen molar-refractivity contribution in [3.63, 3.8) is 0 Å². The van der Waals surface area contributed by atoms with Crippen LogP contribution in [0, 0.1) is 0 Å². The lowest BCUT2D eigenvalue weighted by Crippen LogP contribution is -2.59. The molecule has 1 saturated carbocycles. The summed E-state index contributed by atoms with van der Waals surface area (Å²) in [5.74, 6) is -9.84. The molecule has 1 aliphatic carbocycles. The fraction of sp³-hybridized carbons (Fsp3) is 0.394. The minimum Gasteiger partial charge on any atom is -0.481 e. The summed E-state index contributed by atoms with van der Waals surface area (Å²) in [4.78, 5) is 99.2. The van der Waals surface area contributed by atoms with Crippen LogP contribution in [0.3, 0.4) is 0 Å². The van der Waals surface area contributed by atoms with E-state index in [0.717, 1.165) is 0 Å². The van der Waals surface area contributed by atoms with Crippen LogP contribution in [-0.2, 0) is 38.4 Å². The summed E-state index contributed by atoms with van der Waals surface area (Å²) in [6.45, 7) is 0. The van der Waals surface area contributed by atoms with Crippen LogP contribution in [0.4, 0.5) is 0 Å². The van der Waals surface area contributed by atoms with Crippen molar-refractivity contribution in [3.05, 3.63) is 71.8 Å². The number of benzene rings is 2. The third kappa shape index (κ3) is 11.4. The maximum Gasteiger partial charge on any atom is 0.329 e. The monoisotopic (exact) mass is 682 g/mol. The molecule has 0 spiro atoms. The van der Waals surface area contributed by atoms with Gasteiger partial charge in [0, 0.05) is 25.2 Å². The summed E-state index contributed by atoms with van der Waals surface area (Å²) in [6.07, 6.45) is -2.92. The zero-order valence-corrected chi connectivity index (χ0v) is 26.3.